The second-order valence-corrected chi connectivity index (χ2v) is 6.70. The number of halogens is 2. The molecule has 1 heterocycles. The maximum Gasteiger partial charge on any atom is 0.192 e. The van der Waals surface area contributed by atoms with Crippen molar-refractivity contribution in [2.24, 2.45) is 4.99 Å². The van der Waals surface area contributed by atoms with Gasteiger partial charge in [0.05, 0.1) is 12.6 Å². The third kappa shape index (κ3) is 7.88. The first-order valence-corrected chi connectivity index (χ1v) is 9.18. The molecule has 0 aliphatic heterocycles. The number of hydrogen-bond acceptors (Lipinski definition) is 3. The highest BCUT2D eigenvalue weighted by Crippen LogP contribution is 2.17. The van der Waals surface area contributed by atoms with Gasteiger partial charge >= 0.3 is 0 Å². The fourth-order valence-electron chi connectivity index (χ4n) is 2.47. The van der Waals surface area contributed by atoms with Gasteiger partial charge in [-0.3, -0.25) is 0 Å². The summed E-state index contributed by atoms with van der Waals surface area (Å²) in [5.74, 6) is 1.72. The van der Waals surface area contributed by atoms with Crippen LogP contribution in [0.3, 0.4) is 0 Å². The Balaban J connectivity index is 0.00000364. The normalized spacial score (nSPS) is 12.2. The average molecular weight is 503 g/mol. The van der Waals surface area contributed by atoms with Crippen LogP contribution in [-0.4, -0.2) is 33.8 Å². The predicted octanol–water partition coefficient (Wildman–Crippen LogP) is 3.98. The van der Waals surface area contributed by atoms with Crippen LogP contribution in [0.2, 0.25) is 5.02 Å². The van der Waals surface area contributed by atoms with E-state index >= 15 is 0 Å². The van der Waals surface area contributed by atoms with Gasteiger partial charge in [-0.15, -0.1) is 34.2 Å². The van der Waals surface area contributed by atoms with E-state index in [1.54, 1.807) is 6.33 Å². The van der Waals surface area contributed by atoms with Crippen molar-refractivity contribution in [1.82, 2.24) is 25.4 Å². The molecule has 2 aromatic rings. The Labute approximate surface area is 183 Å². The SMILES string of the molecule is C=C(C)CN=C(NCCn1cnnc1CC)NC(C)c1cccc(Cl)c1.I. The maximum atomic E-state index is 6.10. The summed E-state index contributed by atoms with van der Waals surface area (Å²) in [6, 6.07) is 7.90. The minimum absolute atomic E-state index is 0. The third-order valence-electron chi connectivity index (χ3n) is 3.87. The lowest BCUT2D eigenvalue weighted by atomic mass is 10.1. The third-order valence-corrected chi connectivity index (χ3v) is 4.10. The quantitative estimate of drug-likeness (QED) is 0.248. The van der Waals surface area contributed by atoms with Gasteiger partial charge < -0.3 is 15.2 Å². The van der Waals surface area contributed by atoms with Gasteiger partial charge in [-0.1, -0.05) is 42.8 Å². The van der Waals surface area contributed by atoms with Gasteiger partial charge in [-0.2, -0.15) is 0 Å². The number of hydrogen-bond donors (Lipinski definition) is 2. The Morgan fingerprint density at radius 1 is 1.41 bits per heavy atom. The van der Waals surface area contributed by atoms with E-state index in [9.17, 15) is 0 Å². The van der Waals surface area contributed by atoms with Gasteiger partial charge in [0.25, 0.3) is 0 Å². The molecule has 0 saturated heterocycles. The molecule has 0 aliphatic carbocycles. The lowest BCUT2D eigenvalue weighted by molar-refractivity contribution is 0.620. The zero-order valence-electron chi connectivity index (χ0n) is 16.1. The molecule has 0 fully saturated rings. The van der Waals surface area contributed by atoms with Crippen LogP contribution < -0.4 is 10.6 Å². The Hall–Kier alpha value is -1.61. The van der Waals surface area contributed by atoms with Gasteiger partial charge in [-0.25, -0.2) is 4.99 Å². The number of rotatable bonds is 8. The van der Waals surface area contributed by atoms with Crippen LogP contribution >= 0.6 is 35.6 Å². The molecule has 1 atom stereocenters. The molecular formula is C19H28ClIN6. The fraction of sp³-hybridized carbons (Fsp3) is 0.421. The van der Waals surface area contributed by atoms with E-state index in [4.69, 9.17) is 11.6 Å². The second kappa shape index (κ2) is 12.0. The van der Waals surface area contributed by atoms with Crippen molar-refractivity contribution >= 4 is 41.5 Å². The summed E-state index contributed by atoms with van der Waals surface area (Å²) < 4.78 is 2.05. The Morgan fingerprint density at radius 3 is 2.85 bits per heavy atom. The smallest absolute Gasteiger partial charge is 0.192 e. The first-order valence-electron chi connectivity index (χ1n) is 8.81. The fourth-order valence-corrected chi connectivity index (χ4v) is 2.66. The topological polar surface area (TPSA) is 67.1 Å². The van der Waals surface area contributed by atoms with Crippen molar-refractivity contribution in [2.45, 2.75) is 39.8 Å². The highest BCUT2D eigenvalue weighted by atomic mass is 127. The number of aromatic nitrogens is 3. The summed E-state index contributed by atoms with van der Waals surface area (Å²) in [7, 11) is 0. The molecule has 8 heteroatoms. The second-order valence-electron chi connectivity index (χ2n) is 6.26. The highest BCUT2D eigenvalue weighted by molar-refractivity contribution is 14.0. The van der Waals surface area contributed by atoms with E-state index in [-0.39, 0.29) is 30.0 Å². The largest absolute Gasteiger partial charge is 0.355 e. The number of nitrogens with one attached hydrogen (secondary N) is 2. The van der Waals surface area contributed by atoms with Crippen LogP contribution in [0, 0.1) is 0 Å². The molecule has 148 valence electrons. The van der Waals surface area contributed by atoms with E-state index in [1.807, 2.05) is 35.8 Å². The molecule has 6 nitrogen and oxygen atoms in total. The van der Waals surface area contributed by atoms with Crippen molar-refractivity contribution in [3.8, 4) is 0 Å². The molecule has 2 N–H and O–H groups in total. The molecule has 2 rings (SSSR count). The van der Waals surface area contributed by atoms with Gasteiger partial charge in [0.2, 0.25) is 0 Å². The van der Waals surface area contributed by atoms with Gasteiger partial charge in [0, 0.05) is 24.5 Å². The number of benzene rings is 1. The first kappa shape index (κ1) is 23.4. The minimum atomic E-state index is 0. The van der Waals surface area contributed by atoms with Gasteiger partial charge in [0.15, 0.2) is 5.96 Å². The zero-order valence-corrected chi connectivity index (χ0v) is 19.2. The van der Waals surface area contributed by atoms with Crippen LogP contribution in [-0.2, 0) is 13.0 Å². The highest BCUT2D eigenvalue weighted by Gasteiger charge is 2.09. The van der Waals surface area contributed by atoms with E-state index in [0.29, 0.717) is 6.54 Å². The minimum Gasteiger partial charge on any atom is -0.355 e. The van der Waals surface area contributed by atoms with Crippen LogP contribution in [0.5, 0.6) is 0 Å². The summed E-state index contributed by atoms with van der Waals surface area (Å²) in [4.78, 5) is 4.59. The van der Waals surface area contributed by atoms with E-state index in [1.165, 1.54) is 0 Å². The molecule has 0 saturated carbocycles. The summed E-state index contributed by atoms with van der Waals surface area (Å²) >= 11 is 6.10. The number of guanidine groups is 1. The molecule has 0 radical (unpaired) electrons. The zero-order chi connectivity index (χ0) is 18.9. The molecular weight excluding hydrogens is 475 g/mol. The molecule has 0 bridgehead atoms. The van der Waals surface area contributed by atoms with Crippen LogP contribution in [0.1, 0.15) is 38.2 Å². The number of aliphatic imine (C=N–C) groups is 1. The molecule has 0 amide bonds. The molecule has 1 aromatic heterocycles. The summed E-state index contributed by atoms with van der Waals surface area (Å²) in [6.07, 6.45) is 2.62. The van der Waals surface area contributed by atoms with Crippen molar-refractivity contribution in [1.29, 1.82) is 0 Å². The molecule has 1 unspecified atom stereocenters. The molecule has 1 aromatic carbocycles. The lowest BCUT2D eigenvalue weighted by Gasteiger charge is -2.19. The monoisotopic (exact) mass is 502 g/mol. The van der Waals surface area contributed by atoms with Crippen molar-refractivity contribution in [3.05, 3.63) is 59.2 Å². The Kier molecular flexibility index (Phi) is 10.4. The van der Waals surface area contributed by atoms with Crippen molar-refractivity contribution in [2.75, 3.05) is 13.1 Å². The number of nitrogens with zero attached hydrogens (tertiary/aromatic N) is 4. The molecule has 27 heavy (non-hydrogen) atoms. The first-order chi connectivity index (χ1) is 12.5. The standard InChI is InChI=1S/C19H27ClN6.HI/c1-5-18-25-23-13-26(18)10-9-21-19(22-12-14(2)3)24-15(4)16-7-6-8-17(20)11-16;/h6-8,11,13,15H,2,5,9-10,12H2,1,3-4H3,(H2,21,22,24);1H. The summed E-state index contributed by atoms with van der Waals surface area (Å²) in [5, 5.41) is 15.6. The van der Waals surface area contributed by atoms with Crippen molar-refractivity contribution in [3.63, 3.8) is 0 Å². The molecule has 0 aliphatic rings. The lowest BCUT2D eigenvalue weighted by Crippen LogP contribution is -2.40. The van der Waals surface area contributed by atoms with E-state index in [0.717, 1.165) is 47.5 Å². The maximum absolute atomic E-state index is 6.10. The van der Waals surface area contributed by atoms with Crippen LogP contribution in [0.25, 0.3) is 0 Å². The van der Waals surface area contributed by atoms with Crippen LogP contribution in [0.4, 0.5) is 0 Å². The summed E-state index contributed by atoms with van der Waals surface area (Å²) in [5.41, 5.74) is 2.11. The van der Waals surface area contributed by atoms with E-state index < -0.39 is 0 Å². The van der Waals surface area contributed by atoms with Crippen LogP contribution in [0.15, 0.2) is 47.7 Å². The van der Waals surface area contributed by atoms with Gasteiger partial charge in [-0.05, 0) is 31.5 Å². The number of aryl methyl sites for hydroxylation is 1. The van der Waals surface area contributed by atoms with E-state index in [2.05, 4.69) is 46.2 Å². The average Bonchev–Trinajstić information content (AvgIpc) is 3.06. The van der Waals surface area contributed by atoms with Gasteiger partial charge in [0.1, 0.15) is 12.2 Å². The predicted molar refractivity (Wildman–Crippen MR) is 123 cm³/mol. The van der Waals surface area contributed by atoms with Crippen molar-refractivity contribution < 1.29 is 0 Å². The Morgan fingerprint density at radius 2 is 2.19 bits per heavy atom. The summed E-state index contributed by atoms with van der Waals surface area (Å²) in [6.45, 7) is 12.1. The molecule has 0 spiro atoms. The Bertz CT molecular complexity index is 758.